The summed E-state index contributed by atoms with van der Waals surface area (Å²) in [6.45, 7) is 4.32. The van der Waals surface area contributed by atoms with Crippen LogP contribution in [0.15, 0.2) is 67.1 Å². The second-order valence-corrected chi connectivity index (χ2v) is 9.18. The Hall–Kier alpha value is -3.95. The Morgan fingerprint density at radius 1 is 1.05 bits per heavy atom. The van der Waals surface area contributed by atoms with Gasteiger partial charge in [-0.2, -0.15) is 0 Å². The van der Waals surface area contributed by atoms with E-state index in [0.29, 0.717) is 46.4 Å². The van der Waals surface area contributed by atoms with Gasteiger partial charge in [0, 0.05) is 26.0 Å². The first-order valence-corrected chi connectivity index (χ1v) is 12.5. The van der Waals surface area contributed by atoms with Crippen LogP contribution in [0.4, 0.5) is 11.5 Å². The number of halogens is 1. The lowest BCUT2D eigenvalue weighted by molar-refractivity contribution is -0.140. The third-order valence-corrected chi connectivity index (χ3v) is 6.15. The van der Waals surface area contributed by atoms with Gasteiger partial charge in [-0.3, -0.25) is 9.78 Å². The largest absolute Gasteiger partial charge is 0.488 e. The van der Waals surface area contributed by atoms with Crippen LogP contribution in [0.3, 0.4) is 0 Å². The molecular formula is C28H30ClN5O4. The predicted octanol–water partition coefficient (Wildman–Crippen LogP) is 5.26. The molecule has 0 aliphatic heterocycles. The molecule has 0 fully saturated rings. The topological polar surface area (TPSA) is 98.7 Å². The number of likely N-dealkylation sites (N-methyl/N-ethyl adjacent to an activating group) is 1. The standard InChI is InChI=1S/C28H30ClN5O4/c1-18(15-34(3)28(35)19(2)36-4)38-25-10-7-9-23-26(25)27(32-17-31-23)33-20-11-12-24(22(29)14-20)37-16-21-8-5-6-13-30-21/h5-14,17-19H,15-16H2,1-4H3,(H,31,32,33). The van der Waals surface area contributed by atoms with Crippen molar-refractivity contribution in [3.05, 3.63) is 77.8 Å². The Kier molecular flexibility index (Phi) is 8.93. The smallest absolute Gasteiger partial charge is 0.251 e. The number of anilines is 2. The molecule has 1 amide bonds. The lowest BCUT2D eigenvalue weighted by atomic mass is 10.2. The average Bonchev–Trinajstić information content (AvgIpc) is 2.92. The summed E-state index contributed by atoms with van der Waals surface area (Å²) in [5, 5.41) is 4.49. The zero-order valence-corrected chi connectivity index (χ0v) is 22.5. The highest BCUT2D eigenvalue weighted by Crippen LogP contribution is 2.34. The minimum atomic E-state index is -0.521. The molecular weight excluding hydrogens is 506 g/mol. The van der Waals surface area contributed by atoms with E-state index in [4.69, 9.17) is 25.8 Å². The zero-order valence-electron chi connectivity index (χ0n) is 21.7. The molecule has 1 N–H and O–H groups in total. The Morgan fingerprint density at radius 2 is 1.89 bits per heavy atom. The molecule has 0 aliphatic rings. The van der Waals surface area contributed by atoms with E-state index in [1.807, 2.05) is 49.4 Å². The number of carbonyl (C=O) groups excluding carboxylic acids is 1. The van der Waals surface area contributed by atoms with Crippen molar-refractivity contribution in [1.82, 2.24) is 19.9 Å². The molecule has 2 aromatic heterocycles. The number of pyridine rings is 1. The number of nitrogens with one attached hydrogen (secondary N) is 1. The fourth-order valence-electron chi connectivity index (χ4n) is 3.88. The maximum atomic E-state index is 12.4. The van der Waals surface area contributed by atoms with Gasteiger partial charge in [0.05, 0.1) is 28.2 Å². The first-order valence-electron chi connectivity index (χ1n) is 12.1. The van der Waals surface area contributed by atoms with Gasteiger partial charge in [-0.1, -0.05) is 23.7 Å². The van der Waals surface area contributed by atoms with Gasteiger partial charge in [-0.25, -0.2) is 9.97 Å². The molecule has 9 nitrogen and oxygen atoms in total. The van der Waals surface area contributed by atoms with Crippen LogP contribution in [0.25, 0.3) is 10.9 Å². The predicted molar refractivity (Wildman–Crippen MR) is 147 cm³/mol. The van der Waals surface area contributed by atoms with Crippen LogP contribution in [0, 0.1) is 0 Å². The SMILES string of the molecule is COC(C)C(=O)N(C)CC(C)Oc1cccc2ncnc(Nc3ccc(OCc4ccccn4)c(Cl)c3)c12. The van der Waals surface area contributed by atoms with Gasteiger partial charge < -0.3 is 24.4 Å². The number of carbonyl (C=O) groups is 1. The van der Waals surface area contributed by atoms with Crippen LogP contribution in [-0.4, -0.2) is 58.7 Å². The van der Waals surface area contributed by atoms with Crippen molar-refractivity contribution in [2.75, 3.05) is 26.0 Å². The number of rotatable bonds is 11. The fourth-order valence-corrected chi connectivity index (χ4v) is 4.11. The number of methoxy groups -OCH3 is 1. The van der Waals surface area contributed by atoms with Gasteiger partial charge in [0.2, 0.25) is 0 Å². The molecule has 0 radical (unpaired) electrons. The highest BCUT2D eigenvalue weighted by molar-refractivity contribution is 6.32. The summed E-state index contributed by atoms with van der Waals surface area (Å²) < 4.78 is 17.2. The lowest BCUT2D eigenvalue weighted by Crippen LogP contribution is -2.40. The first kappa shape index (κ1) is 27.1. The third kappa shape index (κ3) is 6.67. The van der Waals surface area contributed by atoms with E-state index in [-0.39, 0.29) is 12.0 Å². The van der Waals surface area contributed by atoms with Crippen LogP contribution in [0.1, 0.15) is 19.5 Å². The fraction of sp³-hybridized carbons (Fsp3) is 0.286. The van der Waals surface area contributed by atoms with E-state index >= 15 is 0 Å². The van der Waals surface area contributed by atoms with Crippen LogP contribution in [0.5, 0.6) is 11.5 Å². The molecule has 4 rings (SSSR count). The summed E-state index contributed by atoms with van der Waals surface area (Å²) in [6.07, 6.45) is 2.39. The molecule has 0 saturated carbocycles. The maximum Gasteiger partial charge on any atom is 0.251 e. The molecule has 0 saturated heterocycles. The van der Waals surface area contributed by atoms with Crippen LogP contribution >= 0.6 is 11.6 Å². The molecule has 2 heterocycles. The quantitative estimate of drug-likeness (QED) is 0.277. The summed E-state index contributed by atoms with van der Waals surface area (Å²) in [5.41, 5.74) is 2.25. The minimum absolute atomic E-state index is 0.115. The molecule has 198 valence electrons. The number of hydrogen-bond acceptors (Lipinski definition) is 8. The van der Waals surface area contributed by atoms with E-state index in [9.17, 15) is 4.79 Å². The maximum absolute atomic E-state index is 12.4. The number of hydrogen-bond donors (Lipinski definition) is 1. The van der Waals surface area contributed by atoms with Crippen LogP contribution in [0.2, 0.25) is 5.02 Å². The van der Waals surface area contributed by atoms with Gasteiger partial charge in [0.15, 0.2) is 0 Å². The van der Waals surface area contributed by atoms with Crippen molar-refractivity contribution >= 4 is 39.9 Å². The highest BCUT2D eigenvalue weighted by atomic mass is 35.5. The normalized spacial score (nSPS) is 12.6. The molecule has 0 spiro atoms. The molecule has 0 aliphatic carbocycles. The Labute approximate surface area is 226 Å². The van der Waals surface area contributed by atoms with Crippen molar-refractivity contribution in [3.8, 4) is 11.5 Å². The van der Waals surface area contributed by atoms with E-state index in [0.717, 1.165) is 11.4 Å². The molecule has 2 aromatic carbocycles. The molecule has 38 heavy (non-hydrogen) atoms. The number of ether oxygens (including phenoxy) is 3. The van der Waals surface area contributed by atoms with Gasteiger partial charge in [-0.15, -0.1) is 0 Å². The average molecular weight is 536 g/mol. The van der Waals surface area contributed by atoms with E-state index in [1.165, 1.54) is 13.4 Å². The van der Waals surface area contributed by atoms with Gasteiger partial charge in [0.25, 0.3) is 5.91 Å². The summed E-state index contributed by atoms with van der Waals surface area (Å²) in [7, 11) is 3.24. The molecule has 10 heteroatoms. The van der Waals surface area contributed by atoms with Crippen molar-refractivity contribution in [2.24, 2.45) is 0 Å². The third-order valence-electron chi connectivity index (χ3n) is 5.86. The number of amides is 1. The summed E-state index contributed by atoms with van der Waals surface area (Å²) in [6, 6.07) is 16.7. The van der Waals surface area contributed by atoms with E-state index in [1.54, 1.807) is 37.2 Å². The first-order chi connectivity index (χ1) is 18.4. The summed E-state index contributed by atoms with van der Waals surface area (Å²) in [4.78, 5) is 27.1. The van der Waals surface area contributed by atoms with E-state index in [2.05, 4.69) is 20.3 Å². The van der Waals surface area contributed by atoms with Gasteiger partial charge in [0.1, 0.15) is 42.5 Å². The molecule has 4 aromatic rings. The highest BCUT2D eigenvalue weighted by Gasteiger charge is 2.20. The molecule has 0 bridgehead atoms. The van der Waals surface area contributed by atoms with Gasteiger partial charge >= 0.3 is 0 Å². The lowest BCUT2D eigenvalue weighted by Gasteiger charge is -2.25. The number of aromatic nitrogens is 3. The second-order valence-electron chi connectivity index (χ2n) is 8.78. The van der Waals surface area contributed by atoms with Crippen molar-refractivity contribution in [3.63, 3.8) is 0 Å². The zero-order chi connectivity index (χ0) is 27.1. The van der Waals surface area contributed by atoms with E-state index < -0.39 is 6.10 Å². The van der Waals surface area contributed by atoms with Gasteiger partial charge in [-0.05, 0) is 56.3 Å². The van der Waals surface area contributed by atoms with Crippen LogP contribution in [-0.2, 0) is 16.1 Å². The molecule has 2 unspecified atom stereocenters. The second kappa shape index (κ2) is 12.5. The number of benzene rings is 2. The Bertz CT molecular complexity index is 1380. The Morgan fingerprint density at radius 3 is 2.63 bits per heavy atom. The van der Waals surface area contributed by atoms with Crippen molar-refractivity contribution in [1.29, 1.82) is 0 Å². The Balaban J connectivity index is 1.50. The minimum Gasteiger partial charge on any atom is -0.488 e. The monoisotopic (exact) mass is 535 g/mol. The van der Waals surface area contributed by atoms with Crippen LogP contribution < -0.4 is 14.8 Å². The summed E-state index contributed by atoms with van der Waals surface area (Å²) >= 11 is 6.50. The number of nitrogens with zero attached hydrogens (tertiary/aromatic N) is 4. The van der Waals surface area contributed by atoms with Crippen molar-refractivity contribution < 1.29 is 19.0 Å². The summed E-state index contributed by atoms with van der Waals surface area (Å²) in [5.74, 6) is 1.60. The number of fused-ring (bicyclic) bond motifs is 1. The molecule has 2 atom stereocenters. The van der Waals surface area contributed by atoms with Crippen molar-refractivity contribution in [2.45, 2.75) is 32.7 Å².